The van der Waals surface area contributed by atoms with Crippen LogP contribution in [0, 0.1) is 0 Å². The summed E-state index contributed by atoms with van der Waals surface area (Å²) < 4.78 is 22.3. The Morgan fingerprint density at radius 2 is 0.581 bits per heavy atom. The first-order chi connectivity index (χ1) is 42.7. The topological polar surface area (TPSA) is 31.8 Å². The lowest BCUT2D eigenvalue weighted by molar-refractivity contribution is -0.823. The first kappa shape index (κ1) is 42.4. The third-order valence-electron chi connectivity index (χ3n) is 21.2. The Morgan fingerprint density at radius 3 is 0.907 bits per heavy atom. The van der Waals surface area contributed by atoms with E-state index < -0.39 is 11.8 Å². The molecular formula is C78H42N8+4. The second-order valence-corrected chi connectivity index (χ2v) is 24.7. The fourth-order valence-electron chi connectivity index (χ4n) is 18.5. The van der Waals surface area contributed by atoms with Gasteiger partial charge in [0.25, 0.3) is 0 Å². The van der Waals surface area contributed by atoms with E-state index in [1.807, 2.05) is 0 Å². The number of aromatic nitrogens is 4. The number of hydrogen-bond donors (Lipinski definition) is 0. The number of fused-ring (bicyclic) bond motifs is 2. The van der Waals surface area contributed by atoms with Gasteiger partial charge in [-0.1, -0.05) is 200 Å². The first-order valence-corrected chi connectivity index (χ1v) is 30.0. The molecule has 86 heavy (non-hydrogen) atoms. The van der Waals surface area contributed by atoms with Crippen LogP contribution in [0.25, 0.3) is 78.2 Å². The molecule has 2 unspecified atom stereocenters. The molecule has 2 spiro atoms. The van der Waals surface area contributed by atoms with Gasteiger partial charge in [-0.15, -0.1) is 0 Å². The molecule has 0 bridgehead atoms. The molecule has 0 N–H and O–H groups in total. The summed E-state index contributed by atoms with van der Waals surface area (Å²) >= 11 is 0. The van der Waals surface area contributed by atoms with Crippen molar-refractivity contribution in [3.05, 3.63) is 331 Å². The van der Waals surface area contributed by atoms with Crippen LogP contribution >= 0.6 is 0 Å². The molecule has 0 radical (unpaired) electrons. The zero-order chi connectivity index (χ0) is 54.9. The van der Waals surface area contributed by atoms with Gasteiger partial charge < -0.3 is 0 Å². The van der Waals surface area contributed by atoms with E-state index in [0.29, 0.717) is 0 Å². The summed E-state index contributed by atoms with van der Waals surface area (Å²) in [7, 11) is 0. The normalized spacial score (nSPS) is 21.1. The second kappa shape index (κ2) is 13.6. The lowest BCUT2D eigenvalue weighted by Crippen LogP contribution is -2.70. The summed E-state index contributed by atoms with van der Waals surface area (Å²) in [5, 5.41) is 12.5. The van der Waals surface area contributed by atoms with Crippen LogP contribution < -0.4 is 31.8 Å². The lowest BCUT2D eigenvalue weighted by Gasteiger charge is -2.41. The molecule has 8 nitrogen and oxygen atoms in total. The molecule has 0 saturated heterocycles. The molecule has 0 saturated carbocycles. The minimum Gasteiger partial charge on any atom is -0.198 e. The Balaban J connectivity index is 0.984. The standard InChI is InChI=1S/C78H42N8/c1-7-19-43(20-8-1)65-53-31-35-57-67(45-23-11-3-12-24-45)61-39-49-51-41-63-69(47-27-15-5-16-28-47)59-37-33-55-66(44-21-9-2-10-22-44)56-34-38-60-70(48-29-17-6-18-30-48)64-42-52-50-40-62-68(46-25-13-4-14-26-46)58-36-32-54(65)80(58)77(79(53)57)83(61)73(49)71(74(50)84(62)77)72-75(51)85(63)78(81(55)59,82(56)60)86(64)76(52)72/h1-42H/q+4. The van der Waals surface area contributed by atoms with E-state index in [2.05, 4.69) is 291 Å². The summed E-state index contributed by atoms with van der Waals surface area (Å²) in [4.78, 5) is 0. The van der Waals surface area contributed by atoms with Gasteiger partial charge in [0.15, 0.2) is 0 Å². The molecule has 0 amide bonds. The Kier molecular flexibility index (Phi) is 6.71. The van der Waals surface area contributed by atoms with Crippen molar-refractivity contribution in [2.45, 2.75) is 11.8 Å². The van der Waals surface area contributed by atoms with Gasteiger partial charge in [-0.3, -0.25) is 0 Å². The molecule has 12 aromatic rings. The van der Waals surface area contributed by atoms with Crippen molar-refractivity contribution in [1.29, 1.82) is 0 Å². The van der Waals surface area contributed by atoms with Crippen LogP contribution in [0.2, 0.25) is 0 Å². The molecule has 16 heterocycles. The summed E-state index contributed by atoms with van der Waals surface area (Å²) in [5.41, 5.74) is 29.3. The number of rotatable bonds is 6. The van der Waals surface area contributed by atoms with Crippen LogP contribution in [0.4, 0.5) is 11.4 Å². The highest BCUT2D eigenvalue weighted by Gasteiger charge is 2.76. The monoisotopic (exact) mass is 1090 g/mol. The second-order valence-electron chi connectivity index (χ2n) is 24.7. The SMILES string of the molecule is C1=CC2=[N+]3C1=C(c1ccccc1)c1cc4c5c6c7c8c9c(c%10cc%11n(c%107)C7%10n%12c(ccc%12=C(c%12ccccc%12)C(=[N+]67)C=5)=C(c5ccccc5)C5=[N+]%10C(=C%11c6ccccc6)C=C5)=CC5=[N+]9C3(n3c(ccc3=C5c3ccccc3)=C2c2ccccc2)n1c48. The quantitative estimate of drug-likeness (QED) is 0.149. The van der Waals surface area contributed by atoms with Gasteiger partial charge in [0.2, 0.25) is 45.6 Å². The van der Waals surface area contributed by atoms with E-state index in [0.717, 1.165) is 0 Å². The van der Waals surface area contributed by atoms with Crippen LogP contribution in [-0.2, 0) is 11.8 Å². The van der Waals surface area contributed by atoms with Crippen molar-refractivity contribution in [3.8, 4) is 0 Å². The molecule has 24 rings (SSSR count). The number of nitrogens with zero attached hydrogens (tertiary/aromatic N) is 8. The van der Waals surface area contributed by atoms with Gasteiger partial charge >= 0.3 is 11.8 Å². The molecule has 12 aliphatic rings. The minimum atomic E-state index is -0.952. The van der Waals surface area contributed by atoms with Gasteiger partial charge in [-0.25, -0.2) is 0 Å². The largest absolute Gasteiger partial charge is 0.554 e. The van der Waals surface area contributed by atoms with Crippen molar-refractivity contribution >= 4 is 112 Å². The van der Waals surface area contributed by atoms with Crippen LogP contribution in [0.5, 0.6) is 0 Å². The average Bonchev–Trinajstić information content (AvgIpc) is 1.40. The van der Waals surface area contributed by atoms with E-state index in [-0.39, 0.29) is 0 Å². The summed E-state index contributed by atoms with van der Waals surface area (Å²) in [5.74, 6) is -1.90. The van der Waals surface area contributed by atoms with Crippen LogP contribution in [-0.4, -0.2) is 59.4 Å². The van der Waals surface area contributed by atoms with Gasteiger partial charge in [-0.2, -0.15) is 18.3 Å². The first-order valence-electron chi connectivity index (χ1n) is 30.0. The van der Waals surface area contributed by atoms with Crippen molar-refractivity contribution < 1.29 is 18.3 Å². The smallest absolute Gasteiger partial charge is 0.198 e. The highest BCUT2D eigenvalue weighted by Crippen LogP contribution is 2.61. The molecule has 2 atom stereocenters. The number of hydrogen-bond acceptors (Lipinski definition) is 0. The lowest BCUT2D eigenvalue weighted by atomic mass is 9.93. The fourth-order valence-corrected chi connectivity index (χ4v) is 18.5. The van der Waals surface area contributed by atoms with Crippen molar-refractivity contribution in [2.24, 2.45) is 0 Å². The highest BCUT2D eigenvalue weighted by molar-refractivity contribution is 6.42. The van der Waals surface area contributed by atoms with Gasteiger partial charge in [-0.05, 0) is 69.8 Å². The van der Waals surface area contributed by atoms with Crippen LogP contribution in [0.15, 0.2) is 254 Å². The highest BCUT2D eigenvalue weighted by atomic mass is 15.6. The summed E-state index contributed by atoms with van der Waals surface area (Å²) in [6.07, 6.45) is 14.9. The third-order valence-corrected chi connectivity index (χ3v) is 21.2. The average molecular weight is 1090 g/mol. The van der Waals surface area contributed by atoms with Gasteiger partial charge in [0, 0.05) is 47.2 Å². The molecule has 0 fully saturated rings. The number of benzene rings is 8. The Hall–Kier alpha value is -11.5. The van der Waals surface area contributed by atoms with Crippen LogP contribution in [0.1, 0.15) is 44.8 Å². The zero-order valence-electron chi connectivity index (χ0n) is 45.8. The predicted octanol–water partition coefficient (Wildman–Crippen LogP) is 8.81. The van der Waals surface area contributed by atoms with Crippen molar-refractivity contribution in [3.63, 3.8) is 0 Å². The molecule has 8 heteroatoms. The minimum absolute atomic E-state index is 0.952. The van der Waals surface area contributed by atoms with E-state index in [1.165, 1.54) is 188 Å². The van der Waals surface area contributed by atoms with Crippen molar-refractivity contribution in [1.82, 2.24) is 18.3 Å². The summed E-state index contributed by atoms with van der Waals surface area (Å²) in [6, 6.07) is 82.1. The molecule has 390 valence electrons. The Labute approximate surface area is 488 Å². The van der Waals surface area contributed by atoms with E-state index >= 15 is 0 Å². The predicted molar refractivity (Wildman–Crippen MR) is 337 cm³/mol. The Bertz CT molecular complexity index is 5900. The molecule has 0 aliphatic carbocycles. The maximum absolute atomic E-state index is 2.82. The molecule has 12 aliphatic heterocycles. The van der Waals surface area contributed by atoms with Crippen LogP contribution in [0.3, 0.4) is 0 Å². The van der Waals surface area contributed by atoms with Crippen molar-refractivity contribution in [2.75, 3.05) is 0 Å². The zero-order valence-corrected chi connectivity index (χ0v) is 45.8. The third kappa shape index (κ3) is 4.11. The summed E-state index contributed by atoms with van der Waals surface area (Å²) in [6.45, 7) is 0. The maximum Gasteiger partial charge on any atom is 0.554 e. The molecular weight excluding hydrogens is 1050 g/mol. The fraction of sp³-hybridized carbons (Fsp3) is 0.0256. The van der Waals surface area contributed by atoms with E-state index in [1.54, 1.807) is 0 Å². The van der Waals surface area contributed by atoms with E-state index in [9.17, 15) is 0 Å². The molecule has 4 aromatic heterocycles. The van der Waals surface area contributed by atoms with E-state index in [4.69, 9.17) is 0 Å². The Morgan fingerprint density at radius 1 is 0.279 bits per heavy atom. The van der Waals surface area contributed by atoms with Gasteiger partial charge in [0.1, 0.15) is 0 Å². The number of allylic oxidation sites excluding steroid dienone is 4. The van der Waals surface area contributed by atoms with Gasteiger partial charge in [0.05, 0.1) is 98.5 Å². The molecule has 8 aromatic carbocycles. The maximum atomic E-state index is 2.82.